The standard InChI is InChI=1S/C24H21ClN4O4/c1-28(2)23(30)15-33-19-10-8-17(9-11-19)26-24(31)20-14-21(22-7-4-12-32-22)29(27-20)18-6-3-5-16(25)13-18/h3-14H,15H2,1-2H3,(H,26,31). The van der Waals surface area contributed by atoms with Gasteiger partial charge in [0.05, 0.1) is 12.0 Å². The molecule has 0 aliphatic rings. The normalized spacial score (nSPS) is 10.6. The lowest BCUT2D eigenvalue weighted by molar-refractivity contribution is -0.130. The molecule has 0 unspecified atom stereocenters. The van der Waals surface area contributed by atoms with Crippen LogP contribution in [0.2, 0.25) is 5.02 Å². The van der Waals surface area contributed by atoms with Gasteiger partial charge in [0.15, 0.2) is 18.1 Å². The molecule has 0 saturated carbocycles. The minimum Gasteiger partial charge on any atom is -0.484 e. The van der Waals surface area contributed by atoms with Gasteiger partial charge in [-0.2, -0.15) is 5.10 Å². The average molecular weight is 465 g/mol. The Hall–Kier alpha value is -4.04. The van der Waals surface area contributed by atoms with Crippen LogP contribution in [-0.2, 0) is 4.79 Å². The van der Waals surface area contributed by atoms with Crippen molar-refractivity contribution in [3.63, 3.8) is 0 Å². The van der Waals surface area contributed by atoms with E-state index in [-0.39, 0.29) is 24.1 Å². The summed E-state index contributed by atoms with van der Waals surface area (Å²) in [4.78, 5) is 26.0. The Morgan fingerprint density at radius 3 is 2.55 bits per heavy atom. The van der Waals surface area contributed by atoms with Crippen LogP contribution < -0.4 is 10.1 Å². The van der Waals surface area contributed by atoms with Crippen molar-refractivity contribution in [2.75, 3.05) is 26.0 Å². The Morgan fingerprint density at radius 2 is 1.88 bits per heavy atom. The maximum Gasteiger partial charge on any atom is 0.276 e. The van der Waals surface area contributed by atoms with E-state index in [1.54, 1.807) is 85.7 Å². The number of rotatable bonds is 7. The summed E-state index contributed by atoms with van der Waals surface area (Å²) in [6.07, 6.45) is 1.56. The van der Waals surface area contributed by atoms with Crippen molar-refractivity contribution in [1.82, 2.24) is 14.7 Å². The fourth-order valence-corrected chi connectivity index (χ4v) is 3.18. The smallest absolute Gasteiger partial charge is 0.276 e. The van der Waals surface area contributed by atoms with Crippen molar-refractivity contribution in [1.29, 1.82) is 0 Å². The molecule has 0 saturated heterocycles. The predicted octanol–water partition coefficient (Wildman–Crippen LogP) is 4.51. The highest BCUT2D eigenvalue weighted by Gasteiger charge is 2.19. The SMILES string of the molecule is CN(C)C(=O)COc1ccc(NC(=O)c2cc(-c3ccco3)n(-c3cccc(Cl)c3)n2)cc1. The quantitative estimate of drug-likeness (QED) is 0.435. The van der Waals surface area contributed by atoms with E-state index >= 15 is 0 Å². The number of carbonyl (C=O) groups excluding carboxylic acids is 2. The predicted molar refractivity (Wildman–Crippen MR) is 125 cm³/mol. The summed E-state index contributed by atoms with van der Waals surface area (Å²) in [6, 6.07) is 19.1. The number of nitrogens with one attached hydrogen (secondary N) is 1. The minimum atomic E-state index is -0.389. The Labute approximate surface area is 195 Å². The summed E-state index contributed by atoms with van der Waals surface area (Å²) < 4.78 is 12.6. The number of halogens is 1. The molecule has 8 nitrogen and oxygen atoms in total. The van der Waals surface area contributed by atoms with Gasteiger partial charge in [-0.15, -0.1) is 0 Å². The van der Waals surface area contributed by atoms with E-state index in [1.165, 1.54) is 4.90 Å². The maximum atomic E-state index is 12.9. The lowest BCUT2D eigenvalue weighted by Gasteiger charge is -2.11. The number of anilines is 1. The summed E-state index contributed by atoms with van der Waals surface area (Å²) in [5.41, 5.74) is 2.07. The first-order chi connectivity index (χ1) is 15.9. The van der Waals surface area contributed by atoms with Gasteiger partial charge in [0, 0.05) is 30.9 Å². The van der Waals surface area contributed by atoms with E-state index in [9.17, 15) is 9.59 Å². The molecule has 0 radical (unpaired) electrons. The minimum absolute atomic E-state index is 0.0603. The van der Waals surface area contributed by atoms with Gasteiger partial charge in [-0.3, -0.25) is 9.59 Å². The van der Waals surface area contributed by atoms with Gasteiger partial charge < -0.3 is 19.4 Å². The molecular weight excluding hydrogens is 444 g/mol. The molecule has 168 valence electrons. The number of nitrogens with zero attached hydrogens (tertiary/aromatic N) is 3. The van der Waals surface area contributed by atoms with E-state index in [2.05, 4.69) is 10.4 Å². The zero-order valence-corrected chi connectivity index (χ0v) is 18.7. The number of furan rings is 1. The number of likely N-dealkylation sites (N-methyl/N-ethyl adjacent to an activating group) is 1. The summed E-state index contributed by atoms with van der Waals surface area (Å²) in [5, 5.41) is 7.84. The zero-order valence-electron chi connectivity index (χ0n) is 18.0. The Morgan fingerprint density at radius 1 is 1.09 bits per heavy atom. The second kappa shape index (κ2) is 9.62. The van der Waals surface area contributed by atoms with Gasteiger partial charge in [-0.25, -0.2) is 4.68 Å². The fourth-order valence-electron chi connectivity index (χ4n) is 3.00. The second-order valence-electron chi connectivity index (χ2n) is 7.34. The van der Waals surface area contributed by atoms with Gasteiger partial charge in [0.1, 0.15) is 11.4 Å². The Bertz CT molecular complexity index is 1260. The van der Waals surface area contributed by atoms with Crippen molar-refractivity contribution >= 4 is 29.1 Å². The number of amides is 2. The third-order valence-electron chi connectivity index (χ3n) is 4.74. The molecule has 0 fully saturated rings. The highest BCUT2D eigenvalue weighted by molar-refractivity contribution is 6.30. The van der Waals surface area contributed by atoms with E-state index in [0.29, 0.717) is 33.6 Å². The molecule has 4 rings (SSSR count). The Kier molecular flexibility index (Phi) is 6.46. The van der Waals surface area contributed by atoms with Crippen LogP contribution in [0.3, 0.4) is 0 Å². The number of hydrogen-bond donors (Lipinski definition) is 1. The molecule has 2 amide bonds. The van der Waals surface area contributed by atoms with Crippen LogP contribution in [0.4, 0.5) is 5.69 Å². The van der Waals surface area contributed by atoms with E-state index in [4.69, 9.17) is 20.8 Å². The van der Waals surface area contributed by atoms with Crippen LogP contribution in [0.5, 0.6) is 5.75 Å². The van der Waals surface area contributed by atoms with Crippen molar-refractivity contribution in [2.45, 2.75) is 0 Å². The molecule has 2 aromatic carbocycles. The monoisotopic (exact) mass is 464 g/mol. The van der Waals surface area contributed by atoms with Crippen LogP contribution in [0.25, 0.3) is 17.1 Å². The van der Waals surface area contributed by atoms with Crippen LogP contribution in [-0.4, -0.2) is 47.2 Å². The molecule has 0 aliphatic carbocycles. The summed E-state index contributed by atoms with van der Waals surface area (Å²) >= 11 is 6.14. The van der Waals surface area contributed by atoms with Crippen molar-refractivity contribution in [2.24, 2.45) is 0 Å². The molecule has 4 aromatic rings. The molecule has 0 atom stereocenters. The molecule has 2 heterocycles. The van der Waals surface area contributed by atoms with Crippen LogP contribution in [0.1, 0.15) is 10.5 Å². The number of ether oxygens (including phenoxy) is 1. The molecule has 0 bridgehead atoms. The highest BCUT2D eigenvalue weighted by atomic mass is 35.5. The second-order valence-corrected chi connectivity index (χ2v) is 7.78. The van der Waals surface area contributed by atoms with Gasteiger partial charge in [0.2, 0.25) is 0 Å². The first kappa shape index (κ1) is 22.2. The fraction of sp³-hybridized carbons (Fsp3) is 0.125. The zero-order chi connectivity index (χ0) is 23.4. The van der Waals surface area contributed by atoms with Gasteiger partial charge in [0.25, 0.3) is 11.8 Å². The molecule has 9 heteroatoms. The van der Waals surface area contributed by atoms with E-state index < -0.39 is 0 Å². The molecule has 1 N–H and O–H groups in total. The van der Waals surface area contributed by atoms with Gasteiger partial charge >= 0.3 is 0 Å². The van der Waals surface area contributed by atoms with Gasteiger partial charge in [-0.1, -0.05) is 17.7 Å². The molecule has 0 spiro atoms. The van der Waals surface area contributed by atoms with Crippen molar-refractivity contribution in [3.05, 3.63) is 83.7 Å². The molecular formula is C24H21ClN4O4. The number of hydrogen-bond acceptors (Lipinski definition) is 5. The van der Waals surface area contributed by atoms with E-state index in [1.807, 2.05) is 6.07 Å². The first-order valence-corrected chi connectivity index (χ1v) is 10.4. The lowest BCUT2D eigenvalue weighted by Crippen LogP contribution is -2.27. The van der Waals surface area contributed by atoms with Crippen LogP contribution in [0.15, 0.2) is 77.4 Å². The lowest BCUT2D eigenvalue weighted by atomic mass is 10.2. The number of carbonyl (C=O) groups is 2. The molecule has 0 aliphatic heterocycles. The van der Waals surface area contributed by atoms with Gasteiger partial charge in [-0.05, 0) is 54.6 Å². The third kappa shape index (κ3) is 5.24. The largest absolute Gasteiger partial charge is 0.484 e. The third-order valence-corrected chi connectivity index (χ3v) is 4.98. The first-order valence-electron chi connectivity index (χ1n) is 10.0. The summed E-state index contributed by atoms with van der Waals surface area (Å²) in [7, 11) is 3.32. The average Bonchev–Trinajstić information content (AvgIpc) is 3.48. The topological polar surface area (TPSA) is 89.6 Å². The molecule has 33 heavy (non-hydrogen) atoms. The van der Waals surface area contributed by atoms with Crippen molar-refractivity contribution < 1.29 is 18.7 Å². The van der Waals surface area contributed by atoms with Crippen LogP contribution in [0, 0.1) is 0 Å². The van der Waals surface area contributed by atoms with Crippen LogP contribution >= 0.6 is 11.6 Å². The number of benzene rings is 2. The van der Waals surface area contributed by atoms with E-state index in [0.717, 1.165) is 0 Å². The molecule has 2 aromatic heterocycles. The highest BCUT2D eigenvalue weighted by Crippen LogP contribution is 2.26. The van der Waals surface area contributed by atoms with Crippen molar-refractivity contribution in [3.8, 4) is 22.9 Å². The maximum absolute atomic E-state index is 12.9. The Balaban J connectivity index is 1.53. The number of aromatic nitrogens is 2. The summed E-state index contributed by atoms with van der Waals surface area (Å²) in [5.74, 6) is 0.555. The summed E-state index contributed by atoms with van der Waals surface area (Å²) in [6.45, 7) is -0.0603.